The van der Waals surface area contributed by atoms with Crippen molar-refractivity contribution < 1.29 is 9.47 Å². The van der Waals surface area contributed by atoms with E-state index in [2.05, 4.69) is 9.97 Å². The van der Waals surface area contributed by atoms with Crippen molar-refractivity contribution in [3.8, 4) is 5.75 Å². The van der Waals surface area contributed by atoms with Gasteiger partial charge in [-0.1, -0.05) is 60.1 Å². The van der Waals surface area contributed by atoms with Gasteiger partial charge in [0.2, 0.25) is 0 Å². The van der Waals surface area contributed by atoms with Gasteiger partial charge in [0.25, 0.3) is 5.56 Å². The van der Waals surface area contributed by atoms with Crippen LogP contribution < -0.4 is 10.3 Å². The topological polar surface area (TPSA) is 64.2 Å². The van der Waals surface area contributed by atoms with Crippen molar-refractivity contribution in [1.82, 2.24) is 9.97 Å². The fourth-order valence-corrected chi connectivity index (χ4v) is 4.64. The monoisotopic (exact) mass is 478 g/mol. The molecule has 31 heavy (non-hydrogen) atoms. The lowest BCUT2D eigenvalue weighted by Crippen LogP contribution is -2.18. The van der Waals surface area contributed by atoms with Gasteiger partial charge in [-0.05, 0) is 42.3 Å². The molecule has 5 nitrogen and oxygen atoms in total. The summed E-state index contributed by atoms with van der Waals surface area (Å²) in [5.41, 5.74) is 2.90. The Labute approximate surface area is 196 Å². The number of hydrogen-bond donors (Lipinski definition) is 1. The van der Waals surface area contributed by atoms with Crippen molar-refractivity contribution >= 4 is 35.0 Å². The zero-order chi connectivity index (χ0) is 22.4. The summed E-state index contributed by atoms with van der Waals surface area (Å²) in [4.78, 5) is 20.0. The smallest absolute Gasteiger partial charge is 0.254 e. The molecule has 0 saturated carbocycles. The number of benzene rings is 2. The highest BCUT2D eigenvalue weighted by molar-refractivity contribution is 7.99. The molecule has 0 aliphatic heterocycles. The van der Waals surface area contributed by atoms with Crippen LogP contribution in [0.4, 0.5) is 0 Å². The summed E-state index contributed by atoms with van der Waals surface area (Å²) < 4.78 is 10.9. The van der Waals surface area contributed by atoms with E-state index in [9.17, 15) is 4.79 Å². The summed E-state index contributed by atoms with van der Waals surface area (Å²) in [5, 5.41) is 1.67. The first kappa shape index (κ1) is 23.7. The van der Waals surface area contributed by atoms with E-state index in [1.807, 2.05) is 31.2 Å². The van der Waals surface area contributed by atoms with Crippen LogP contribution in [0.3, 0.4) is 0 Å². The van der Waals surface area contributed by atoms with Crippen LogP contribution in [-0.2, 0) is 11.3 Å². The highest BCUT2D eigenvalue weighted by Crippen LogP contribution is 2.35. The third-order valence-corrected chi connectivity index (χ3v) is 6.40. The number of methoxy groups -OCH3 is 1. The highest BCUT2D eigenvalue weighted by atomic mass is 35.5. The number of nitrogens with one attached hydrogen (secondary N) is 1. The number of halogens is 2. The number of hydrogen-bond acceptors (Lipinski definition) is 5. The molecule has 1 aromatic heterocycles. The van der Waals surface area contributed by atoms with Crippen LogP contribution in [0.25, 0.3) is 0 Å². The minimum atomic E-state index is -0.214. The fraction of sp³-hybridized carbons (Fsp3) is 0.304. The molecule has 0 saturated heterocycles. The second kappa shape index (κ2) is 11.0. The first-order valence-corrected chi connectivity index (χ1v) is 11.5. The predicted molar refractivity (Wildman–Crippen MR) is 127 cm³/mol. The third-order valence-electron chi connectivity index (χ3n) is 4.90. The Bertz CT molecular complexity index is 1070. The van der Waals surface area contributed by atoms with Gasteiger partial charge in [0.15, 0.2) is 5.16 Å². The average molecular weight is 479 g/mol. The van der Waals surface area contributed by atoms with Crippen LogP contribution in [0.15, 0.2) is 52.4 Å². The number of ether oxygens (including phenoxy) is 2. The molecule has 3 aromatic rings. The van der Waals surface area contributed by atoms with Gasteiger partial charge in [-0.25, -0.2) is 4.98 Å². The van der Waals surface area contributed by atoms with Crippen LogP contribution in [0.2, 0.25) is 10.0 Å². The van der Waals surface area contributed by atoms with E-state index in [-0.39, 0.29) is 11.5 Å². The Hall–Kier alpha value is -1.99. The number of aromatic amines is 1. The molecule has 1 N–H and O–H groups in total. The standard InChI is InChI=1S/C23H24Cl2N2O3S/c1-14(20-18(24)5-4-6-19(20)25)21-15(2)22(28)27-23(26-21)31-12-11-30-13-16-7-9-17(29-3)10-8-16/h4-10,14H,11-13H2,1-3H3,(H,26,27,28). The quantitative estimate of drug-likeness (QED) is 0.237. The molecule has 0 aliphatic rings. The van der Waals surface area contributed by atoms with Crippen LogP contribution in [0.1, 0.15) is 35.2 Å². The van der Waals surface area contributed by atoms with E-state index < -0.39 is 0 Å². The average Bonchev–Trinajstić information content (AvgIpc) is 2.76. The van der Waals surface area contributed by atoms with E-state index in [4.69, 9.17) is 32.7 Å². The summed E-state index contributed by atoms with van der Waals surface area (Å²) in [6.07, 6.45) is 0. The van der Waals surface area contributed by atoms with E-state index in [0.717, 1.165) is 16.9 Å². The molecule has 0 radical (unpaired) electrons. The van der Waals surface area contributed by atoms with Gasteiger partial charge < -0.3 is 14.5 Å². The number of nitrogens with zero attached hydrogens (tertiary/aromatic N) is 1. The zero-order valence-corrected chi connectivity index (χ0v) is 19.9. The Balaban J connectivity index is 1.63. The summed E-state index contributed by atoms with van der Waals surface area (Å²) in [6, 6.07) is 13.1. The number of aromatic nitrogens is 2. The van der Waals surface area contributed by atoms with Crippen molar-refractivity contribution in [2.45, 2.75) is 31.5 Å². The molecule has 164 valence electrons. The molecular formula is C23H24Cl2N2O3S. The number of H-pyrrole nitrogens is 1. The molecule has 8 heteroatoms. The van der Waals surface area contributed by atoms with Crippen LogP contribution in [-0.4, -0.2) is 29.4 Å². The molecular weight excluding hydrogens is 455 g/mol. The normalized spacial score (nSPS) is 12.0. The number of thioether (sulfide) groups is 1. The van der Waals surface area contributed by atoms with Crippen molar-refractivity contribution in [2.75, 3.05) is 19.5 Å². The maximum atomic E-state index is 12.5. The molecule has 1 unspecified atom stereocenters. The number of rotatable bonds is 9. The second-order valence-corrected chi connectivity index (χ2v) is 8.89. The largest absolute Gasteiger partial charge is 0.497 e. The van der Waals surface area contributed by atoms with Gasteiger partial charge in [-0.3, -0.25) is 4.79 Å². The summed E-state index contributed by atoms with van der Waals surface area (Å²) in [6.45, 7) is 4.74. The van der Waals surface area contributed by atoms with Gasteiger partial charge in [0.05, 0.1) is 26.0 Å². The fourth-order valence-electron chi connectivity index (χ4n) is 3.19. The summed E-state index contributed by atoms with van der Waals surface area (Å²) >= 11 is 14.2. The van der Waals surface area contributed by atoms with Crippen LogP contribution in [0, 0.1) is 6.92 Å². The first-order valence-electron chi connectivity index (χ1n) is 9.79. The molecule has 0 aliphatic carbocycles. The summed E-state index contributed by atoms with van der Waals surface area (Å²) in [7, 11) is 1.64. The summed E-state index contributed by atoms with van der Waals surface area (Å²) in [5.74, 6) is 1.26. The minimum Gasteiger partial charge on any atom is -0.497 e. The zero-order valence-electron chi connectivity index (χ0n) is 17.6. The van der Waals surface area contributed by atoms with Crippen LogP contribution in [0.5, 0.6) is 5.75 Å². The van der Waals surface area contributed by atoms with Crippen molar-refractivity contribution in [3.63, 3.8) is 0 Å². The third kappa shape index (κ3) is 6.04. The Morgan fingerprint density at radius 3 is 2.45 bits per heavy atom. The Morgan fingerprint density at radius 2 is 1.81 bits per heavy atom. The Kier molecular flexibility index (Phi) is 8.43. The van der Waals surface area contributed by atoms with Crippen molar-refractivity contribution in [2.24, 2.45) is 0 Å². The van der Waals surface area contributed by atoms with Gasteiger partial charge in [0.1, 0.15) is 5.75 Å². The van der Waals surface area contributed by atoms with E-state index in [0.29, 0.717) is 45.4 Å². The van der Waals surface area contributed by atoms with Crippen molar-refractivity contribution in [3.05, 3.63) is 85.2 Å². The first-order chi connectivity index (χ1) is 14.9. The van der Waals surface area contributed by atoms with Gasteiger partial charge in [-0.15, -0.1) is 0 Å². The minimum absolute atomic E-state index is 0.165. The predicted octanol–water partition coefficient (Wildman–Crippen LogP) is 5.85. The van der Waals surface area contributed by atoms with Crippen LogP contribution >= 0.6 is 35.0 Å². The molecule has 3 rings (SSSR count). The molecule has 0 spiro atoms. The maximum Gasteiger partial charge on any atom is 0.254 e. The van der Waals surface area contributed by atoms with Gasteiger partial charge in [-0.2, -0.15) is 0 Å². The molecule has 1 heterocycles. The molecule has 0 fully saturated rings. The highest BCUT2D eigenvalue weighted by Gasteiger charge is 2.21. The lowest BCUT2D eigenvalue weighted by Gasteiger charge is -2.17. The SMILES string of the molecule is COc1ccc(COCCSc2nc(C(C)c3c(Cl)cccc3Cl)c(C)c(=O)[nH]2)cc1. The Morgan fingerprint density at radius 1 is 1.13 bits per heavy atom. The van der Waals surface area contributed by atoms with E-state index in [1.54, 1.807) is 32.2 Å². The molecule has 0 amide bonds. The van der Waals surface area contributed by atoms with Crippen molar-refractivity contribution in [1.29, 1.82) is 0 Å². The van der Waals surface area contributed by atoms with E-state index >= 15 is 0 Å². The lowest BCUT2D eigenvalue weighted by atomic mass is 9.95. The maximum absolute atomic E-state index is 12.5. The van der Waals surface area contributed by atoms with Gasteiger partial charge in [0, 0.05) is 27.3 Å². The molecule has 2 aromatic carbocycles. The second-order valence-electron chi connectivity index (χ2n) is 6.99. The molecule has 1 atom stereocenters. The van der Waals surface area contributed by atoms with E-state index in [1.165, 1.54) is 11.8 Å². The molecule has 0 bridgehead atoms. The lowest BCUT2D eigenvalue weighted by molar-refractivity contribution is 0.136. The van der Waals surface area contributed by atoms with Gasteiger partial charge >= 0.3 is 0 Å².